The van der Waals surface area contributed by atoms with Crippen LogP contribution in [0.4, 0.5) is 0 Å². The zero-order valence-corrected chi connectivity index (χ0v) is 29.1. The fourth-order valence-corrected chi connectivity index (χ4v) is 7.59. The third-order valence-electron chi connectivity index (χ3n) is 6.67. The lowest BCUT2D eigenvalue weighted by molar-refractivity contribution is -0.147. The Morgan fingerprint density at radius 1 is 1.13 bits per heavy atom. The van der Waals surface area contributed by atoms with Gasteiger partial charge in [-0.2, -0.15) is 4.99 Å². The van der Waals surface area contributed by atoms with Crippen LogP contribution >= 0.6 is 18.9 Å². The van der Waals surface area contributed by atoms with Gasteiger partial charge in [0.1, 0.15) is 23.4 Å². The summed E-state index contributed by atoms with van der Waals surface area (Å²) in [6, 6.07) is 7.32. The minimum Gasteiger partial charge on any atom is -0.488 e. The number of amides is 1. The molecule has 0 spiro atoms. The molecule has 0 aliphatic carbocycles. The van der Waals surface area contributed by atoms with Crippen LogP contribution in [0.15, 0.2) is 51.9 Å². The molecule has 0 N–H and O–H groups in total. The maximum Gasteiger partial charge on any atom is 0.336 e. The molecule has 14 nitrogen and oxygen atoms in total. The van der Waals surface area contributed by atoms with Gasteiger partial charge in [0.15, 0.2) is 26.4 Å². The van der Waals surface area contributed by atoms with Crippen LogP contribution in [-0.4, -0.2) is 69.1 Å². The second-order valence-electron chi connectivity index (χ2n) is 10.5. The number of thiazole rings is 1. The second-order valence-corrected chi connectivity index (χ2v) is 15.4. The molecular weight excluding hydrogens is 673 g/mol. The summed E-state index contributed by atoms with van der Waals surface area (Å²) in [6.45, 7) is 4.42. The summed E-state index contributed by atoms with van der Waals surface area (Å²) < 4.78 is 71.9. The van der Waals surface area contributed by atoms with Gasteiger partial charge < -0.3 is 28.0 Å². The highest BCUT2D eigenvalue weighted by Gasteiger charge is 2.30. The van der Waals surface area contributed by atoms with E-state index in [0.29, 0.717) is 50.5 Å². The Hall–Kier alpha value is -3.40. The molecule has 0 unspecified atom stereocenters. The first-order chi connectivity index (χ1) is 22.4. The molecule has 1 aliphatic rings. The van der Waals surface area contributed by atoms with Gasteiger partial charge in [0.2, 0.25) is 0 Å². The number of hydrogen-bond acceptors (Lipinski definition) is 13. The van der Waals surface area contributed by atoms with E-state index in [0.717, 1.165) is 17.6 Å². The standard InChI is InChI=1S/C30H38N3O11PS2/c1-5-8-28(34)40-20-33-22(18-45(36)41-11-7-12-42-45)19-46-30(33)32-29(35)21-13-25(43-23(6-2)17-39-3)15-26(14-21)44-24-9-10-27(31-16-24)47(4,37)38/h9-10,13-16,19,23H,5-8,11-12,17-18,20H2,1-4H3/t23-/m0/s1. The van der Waals surface area contributed by atoms with E-state index < -0.39 is 29.3 Å². The van der Waals surface area contributed by atoms with Gasteiger partial charge in [-0.3, -0.25) is 18.7 Å². The molecule has 1 fully saturated rings. The van der Waals surface area contributed by atoms with Gasteiger partial charge in [-0.15, -0.1) is 11.3 Å². The molecule has 1 aliphatic heterocycles. The van der Waals surface area contributed by atoms with Crippen molar-refractivity contribution in [3.8, 4) is 17.2 Å². The van der Waals surface area contributed by atoms with Gasteiger partial charge in [0.25, 0.3) is 5.91 Å². The number of hydrogen-bond donors (Lipinski definition) is 0. The van der Waals surface area contributed by atoms with Crippen LogP contribution < -0.4 is 14.3 Å². The van der Waals surface area contributed by atoms with Crippen LogP contribution in [0.2, 0.25) is 0 Å². The molecule has 47 heavy (non-hydrogen) atoms. The number of nitrogens with zero attached hydrogens (tertiary/aromatic N) is 3. The number of carbonyl (C=O) groups is 2. The Morgan fingerprint density at radius 2 is 1.87 bits per heavy atom. The van der Waals surface area contributed by atoms with E-state index in [1.165, 1.54) is 35.0 Å². The third-order valence-corrected chi connectivity index (χ3v) is 10.4. The normalized spacial score (nSPS) is 15.6. The summed E-state index contributed by atoms with van der Waals surface area (Å²) in [5.74, 6) is -0.350. The average Bonchev–Trinajstić information content (AvgIpc) is 3.39. The van der Waals surface area contributed by atoms with Crippen molar-refractivity contribution >= 4 is 40.6 Å². The van der Waals surface area contributed by atoms with E-state index in [1.54, 1.807) is 18.6 Å². The number of aromatic nitrogens is 2. The van der Waals surface area contributed by atoms with Crippen molar-refractivity contribution in [2.75, 3.05) is 33.2 Å². The van der Waals surface area contributed by atoms with E-state index >= 15 is 0 Å². The van der Waals surface area contributed by atoms with Crippen molar-refractivity contribution in [2.24, 2.45) is 4.99 Å². The lowest BCUT2D eigenvalue weighted by atomic mass is 10.2. The fourth-order valence-electron chi connectivity index (χ4n) is 4.29. The maximum atomic E-state index is 13.7. The number of carbonyl (C=O) groups excluding carboxylic acids is 2. The number of methoxy groups -OCH3 is 1. The molecule has 0 radical (unpaired) electrons. The molecule has 17 heteroatoms. The lowest BCUT2D eigenvalue weighted by Crippen LogP contribution is -2.23. The molecule has 2 aromatic heterocycles. The first kappa shape index (κ1) is 36.4. The SMILES string of the molecule is CCCC(=O)OCn1c(CP2(=O)OCCCO2)csc1=NC(=O)c1cc(Oc2ccc(S(C)(=O)=O)nc2)cc(O[C@@H](CC)COC)c1. The monoisotopic (exact) mass is 711 g/mol. The van der Waals surface area contributed by atoms with E-state index in [-0.39, 0.29) is 52.3 Å². The first-order valence-electron chi connectivity index (χ1n) is 14.9. The number of esters is 1. The summed E-state index contributed by atoms with van der Waals surface area (Å²) in [5, 5.41) is 1.55. The zero-order valence-electron chi connectivity index (χ0n) is 26.6. The third kappa shape index (κ3) is 10.5. The highest BCUT2D eigenvalue weighted by atomic mass is 32.2. The molecule has 1 amide bonds. The number of sulfone groups is 1. The highest BCUT2D eigenvalue weighted by molar-refractivity contribution is 7.90. The van der Waals surface area contributed by atoms with Crippen molar-refractivity contribution in [1.82, 2.24) is 9.55 Å². The highest BCUT2D eigenvalue weighted by Crippen LogP contribution is 2.53. The maximum absolute atomic E-state index is 13.7. The Balaban J connectivity index is 1.70. The quantitative estimate of drug-likeness (QED) is 0.151. The van der Waals surface area contributed by atoms with Crippen molar-refractivity contribution in [1.29, 1.82) is 0 Å². The summed E-state index contributed by atoms with van der Waals surface area (Å²) in [6.07, 6.45) is 3.94. The van der Waals surface area contributed by atoms with E-state index in [4.69, 9.17) is 28.0 Å². The summed E-state index contributed by atoms with van der Waals surface area (Å²) in [7, 11) is -5.40. The fraction of sp³-hybridized carbons (Fsp3) is 0.467. The summed E-state index contributed by atoms with van der Waals surface area (Å²) in [4.78, 5) is 34.3. The van der Waals surface area contributed by atoms with Crippen molar-refractivity contribution < 1.29 is 50.6 Å². The van der Waals surface area contributed by atoms with Gasteiger partial charge >= 0.3 is 13.6 Å². The minimum absolute atomic E-state index is 0.0933. The smallest absolute Gasteiger partial charge is 0.336 e. The summed E-state index contributed by atoms with van der Waals surface area (Å²) >= 11 is 1.10. The van der Waals surface area contributed by atoms with Crippen molar-refractivity contribution in [3.05, 3.63) is 58.0 Å². The Morgan fingerprint density at radius 3 is 2.51 bits per heavy atom. The largest absolute Gasteiger partial charge is 0.488 e. The van der Waals surface area contributed by atoms with E-state index in [2.05, 4.69) is 9.98 Å². The second kappa shape index (κ2) is 16.6. The van der Waals surface area contributed by atoms with Crippen molar-refractivity contribution in [3.63, 3.8) is 0 Å². The van der Waals surface area contributed by atoms with Crippen LogP contribution in [0.1, 0.15) is 55.6 Å². The number of ether oxygens (including phenoxy) is 4. The van der Waals surface area contributed by atoms with Gasteiger partial charge in [0, 0.05) is 42.5 Å². The van der Waals surface area contributed by atoms with E-state index in [9.17, 15) is 22.6 Å². The number of benzene rings is 1. The Bertz CT molecular complexity index is 1760. The van der Waals surface area contributed by atoms with Gasteiger partial charge in [-0.1, -0.05) is 13.8 Å². The molecule has 4 rings (SSSR count). The molecule has 256 valence electrons. The number of pyridine rings is 1. The number of rotatable bonds is 15. The molecular formula is C30H38N3O11PS2. The van der Waals surface area contributed by atoms with Crippen molar-refractivity contribution in [2.45, 2.75) is 63.6 Å². The minimum atomic E-state index is -3.51. The predicted molar refractivity (Wildman–Crippen MR) is 171 cm³/mol. The van der Waals surface area contributed by atoms with Crippen LogP contribution in [-0.2, 0) is 50.6 Å². The zero-order chi connectivity index (χ0) is 34.0. The van der Waals surface area contributed by atoms with Crippen LogP contribution in [0, 0.1) is 0 Å². The van der Waals surface area contributed by atoms with Crippen LogP contribution in [0.5, 0.6) is 17.2 Å². The first-order valence-corrected chi connectivity index (χ1v) is 19.4. The topological polar surface area (TPSA) is 171 Å². The van der Waals surface area contributed by atoms with Gasteiger partial charge in [0.05, 0.1) is 32.2 Å². The molecule has 0 bridgehead atoms. The molecule has 0 saturated carbocycles. The Labute approximate surface area is 277 Å². The Kier molecular flexibility index (Phi) is 12.9. The molecule has 1 saturated heterocycles. The van der Waals surface area contributed by atoms with Gasteiger partial charge in [-0.25, -0.2) is 13.4 Å². The molecule has 1 aromatic carbocycles. The summed E-state index contributed by atoms with van der Waals surface area (Å²) in [5.41, 5.74) is 0.578. The molecule has 3 aromatic rings. The molecule has 1 atom stereocenters. The lowest BCUT2D eigenvalue weighted by Gasteiger charge is -2.23. The molecule has 3 heterocycles. The van der Waals surface area contributed by atoms with E-state index in [1.807, 2.05) is 13.8 Å². The predicted octanol–water partition coefficient (Wildman–Crippen LogP) is 5.12. The average molecular weight is 712 g/mol. The van der Waals surface area contributed by atoms with Crippen LogP contribution in [0.25, 0.3) is 0 Å². The van der Waals surface area contributed by atoms with Gasteiger partial charge in [-0.05, 0) is 43.5 Å². The van der Waals surface area contributed by atoms with Crippen LogP contribution in [0.3, 0.4) is 0 Å².